The maximum Gasteiger partial charge on any atom is 0.245 e. The largest absolute Gasteiger partial charge is 0.386 e. The molecule has 2 rings (SSSR count). The topological polar surface area (TPSA) is 140 Å². The van der Waals surface area contributed by atoms with E-state index in [0.717, 1.165) is 24.8 Å². The quantitative estimate of drug-likeness (QED) is 0.173. The van der Waals surface area contributed by atoms with E-state index < -0.39 is 36.4 Å². The lowest BCUT2D eigenvalue weighted by Crippen LogP contribution is -2.59. The highest BCUT2D eigenvalue weighted by molar-refractivity contribution is 5.90. The van der Waals surface area contributed by atoms with Crippen molar-refractivity contribution < 1.29 is 29.0 Å². The lowest BCUT2D eigenvalue weighted by Gasteiger charge is -2.40. The number of aliphatic hydroxyl groups is 1. The summed E-state index contributed by atoms with van der Waals surface area (Å²) in [4.78, 5) is 57.8. The lowest BCUT2D eigenvalue weighted by molar-refractivity contribution is -0.146. The molecule has 11 heteroatoms. The van der Waals surface area contributed by atoms with Crippen molar-refractivity contribution in [3.05, 3.63) is 35.9 Å². The molecular formula is C38H65N5O6. The molecule has 0 spiro atoms. The number of rotatable bonds is 19. The van der Waals surface area contributed by atoms with Gasteiger partial charge in [-0.25, -0.2) is 0 Å². The average Bonchev–Trinajstić information content (AvgIpc) is 3.54. The smallest absolute Gasteiger partial charge is 0.245 e. The Kier molecular flexibility index (Phi) is 17.2. The van der Waals surface area contributed by atoms with Crippen molar-refractivity contribution in [2.45, 2.75) is 130 Å². The number of methoxy groups -OCH3 is 1. The van der Waals surface area contributed by atoms with Gasteiger partial charge in [0, 0.05) is 32.7 Å². The molecule has 4 N–H and O–H groups in total. The van der Waals surface area contributed by atoms with Crippen LogP contribution in [0.1, 0.15) is 99.2 Å². The molecule has 4 amide bonds. The van der Waals surface area contributed by atoms with E-state index in [1.807, 2.05) is 69.9 Å². The Hall–Kier alpha value is -3.02. The summed E-state index contributed by atoms with van der Waals surface area (Å²) in [6.45, 7) is 16.1. The van der Waals surface area contributed by atoms with Gasteiger partial charge < -0.3 is 35.6 Å². The summed E-state index contributed by atoms with van der Waals surface area (Å²) < 4.78 is 5.98. The molecular weight excluding hydrogens is 622 g/mol. The van der Waals surface area contributed by atoms with Crippen LogP contribution in [0.2, 0.25) is 0 Å². The van der Waals surface area contributed by atoms with Crippen molar-refractivity contribution in [2.75, 3.05) is 27.7 Å². The number of nitrogens with one attached hydrogen (secondary N) is 3. The molecule has 0 saturated carbocycles. The Morgan fingerprint density at radius 3 is 2.10 bits per heavy atom. The number of likely N-dealkylation sites (N-methyl/N-ethyl adjacent to an activating group) is 2. The van der Waals surface area contributed by atoms with Crippen LogP contribution in [-0.4, -0.2) is 103 Å². The minimum absolute atomic E-state index is 0.0160. The van der Waals surface area contributed by atoms with Crippen molar-refractivity contribution in [1.82, 2.24) is 25.8 Å². The third-order valence-corrected chi connectivity index (χ3v) is 10.3. The number of hydrogen-bond donors (Lipinski definition) is 4. The zero-order valence-electron chi connectivity index (χ0n) is 31.9. The zero-order valence-corrected chi connectivity index (χ0v) is 31.9. The van der Waals surface area contributed by atoms with Gasteiger partial charge in [0.25, 0.3) is 0 Å². The molecule has 1 aliphatic rings. The van der Waals surface area contributed by atoms with Crippen molar-refractivity contribution in [1.29, 1.82) is 0 Å². The summed E-state index contributed by atoms with van der Waals surface area (Å²) in [6.07, 6.45) is 1.62. The fourth-order valence-electron chi connectivity index (χ4n) is 7.07. The van der Waals surface area contributed by atoms with Gasteiger partial charge in [0.05, 0.1) is 36.8 Å². The number of ether oxygens (including phenoxy) is 1. The molecule has 1 aromatic carbocycles. The van der Waals surface area contributed by atoms with E-state index in [9.17, 15) is 24.3 Å². The Morgan fingerprint density at radius 1 is 0.959 bits per heavy atom. The van der Waals surface area contributed by atoms with Crippen LogP contribution in [0.25, 0.3) is 0 Å². The summed E-state index contributed by atoms with van der Waals surface area (Å²) in [7, 11) is 5.05. The lowest BCUT2D eigenvalue weighted by atomic mass is 9.89. The zero-order chi connectivity index (χ0) is 37.0. The van der Waals surface area contributed by atoms with Crippen LogP contribution in [0, 0.1) is 23.7 Å². The van der Waals surface area contributed by atoms with Crippen LogP contribution in [0.15, 0.2) is 30.3 Å². The Morgan fingerprint density at radius 2 is 1.57 bits per heavy atom. The van der Waals surface area contributed by atoms with Crippen LogP contribution < -0.4 is 16.0 Å². The van der Waals surface area contributed by atoms with Crippen molar-refractivity contribution in [3.63, 3.8) is 0 Å². The normalized spacial score (nSPS) is 19.8. The number of likely N-dealkylation sites (tertiary alicyclic amines) is 1. The fourth-order valence-corrected chi connectivity index (χ4v) is 7.07. The Bertz CT molecular complexity index is 1200. The van der Waals surface area contributed by atoms with Crippen LogP contribution in [0.4, 0.5) is 0 Å². The second kappa shape index (κ2) is 20.0. The van der Waals surface area contributed by atoms with Crippen LogP contribution in [0.5, 0.6) is 0 Å². The standard InChI is InChI=1S/C38H65N5O6/c1-12-25(6)34(42(10)38(48)33(24(4)5)41-37(47)32(39-9)23(2)3)30(49-11)22-31(44)43-20-16-19-29(43)21-26(7)36(46)40-27(8)35(45)28-17-14-13-15-18-28/h13-15,17-18,23-27,29-30,32-35,39,45H,12,16,19-22H2,1-11H3,(H,40,46)(H,41,47)/t25-,26+,27+,29-,30+,32-,33-,34?,35+/m0/s1. The van der Waals surface area contributed by atoms with Crippen molar-refractivity contribution in [3.8, 4) is 0 Å². The molecule has 1 heterocycles. The second-order valence-corrected chi connectivity index (χ2v) is 14.7. The molecule has 1 aromatic rings. The third-order valence-electron chi connectivity index (χ3n) is 10.3. The Balaban J connectivity index is 2.15. The molecule has 0 bridgehead atoms. The maximum atomic E-state index is 14.0. The first-order valence-electron chi connectivity index (χ1n) is 18.2. The summed E-state index contributed by atoms with van der Waals surface area (Å²) >= 11 is 0. The number of hydrogen-bond acceptors (Lipinski definition) is 7. The molecule has 9 atom stereocenters. The maximum absolute atomic E-state index is 14.0. The van der Waals surface area contributed by atoms with E-state index in [1.165, 1.54) is 0 Å². The van der Waals surface area contributed by atoms with Crippen LogP contribution in [-0.2, 0) is 23.9 Å². The van der Waals surface area contributed by atoms with E-state index in [1.54, 1.807) is 33.0 Å². The number of nitrogens with zero attached hydrogens (tertiary/aromatic N) is 2. The summed E-state index contributed by atoms with van der Waals surface area (Å²) in [5.74, 6) is -1.11. The highest BCUT2D eigenvalue weighted by Gasteiger charge is 2.40. The third kappa shape index (κ3) is 11.5. The van der Waals surface area contributed by atoms with Gasteiger partial charge in [-0.3, -0.25) is 19.2 Å². The molecule has 0 aliphatic carbocycles. The number of amides is 4. The SMILES string of the molecule is CC[C@H](C)C([C@@H](CC(=O)N1CCC[C@H]1C[C@@H](C)C(=O)N[C@H](C)[C@@H](O)c1ccccc1)OC)N(C)C(=O)[C@@H](NC(=O)[C@@H](NC)C(C)C)C(C)C. The molecule has 1 saturated heterocycles. The van der Waals surface area contributed by atoms with Gasteiger partial charge in [-0.1, -0.05) is 85.2 Å². The summed E-state index contributed by atoms with van der Waals surface area (Å²) in [6, 6.07) is 7.12. The molecule has 1 aliphatic heterocycles. The van der Waals surface area contributed by atoms with Crippen LogP contribution in [0.3, 0.4) is 0 Å². The summed E-state index contributed by atoms with van der Waals surface area (Å²) in [5.41, 5.74) is 0.740. The van der Waals surface area contributed by atoms with Gasteiger partial charge in [0.15, 0.2) is 0 Å². The van der Waals surface area contributed by atoms with Gasteiger partial charge in [0.1, 0.15) is 6.04 Å². The molecule has 1 fully saturated rings. The average molecular weight is 688 g/mol. The number of carbonyl (C=O) groups is 4. The summed E-state index contributed by atoms with van der Waals surface area (Å²) in [5, 5.41) is 19.7. The molecule has 11 nitrogen and oxygen atoms in total. The van der Waals surface area contributed by atoms with E-state index in [-0.39, 0.29) is 59.8 Å². The fraction of sp³-hybridized carbons (Fsp3) is 0.737. The molecule has 1 unspecified atom stereocenters. The van der Waals surface area contributed by atoms with Crippen molar-refractivity contribution in [2.24, 2.45) is 23.7 Å². The first kappa shape index (κ1) is 42.1. The van der Waals surface area contributed by atoms with Crippen molar-refractivity contribution >= 4 is 23.6 Å². The molecule has 0 radical (unpaired) electrons. The highest BCUT2D eigenvalue weighted by atomic mass is 16.5. The van der Waals surface area contributed by atoms with Gasteiger partial charge in [-0.15, -0.1) is 0 Å². The van der Waals surface area contributed by atoms with Crippen LogP contribution >= 0.6 is 0 Å². The number of carbonyl (C=O) groups excluding carboxylic acids is 4. The van der Waals surface area contributed by atoms with E-state index >= 15 is 0 Å². The minimum atomic E-state index is -0.825. The Labute approximate surface area is 295 Å². The first-order chi connectivity index (χ1) is 23.1. The number of aliphatic hydroxyl groups excluding tert-OH is 1. The van der Waals surface area contributed by atoms with Gasteiger partial charge in [0.2, 0.25) is 23.6 Å². The first-order valence-corrected chi connectivity index (χ1v) is 18.2. The predicted molar refractivity (Wildman–Crippen MR) is 193 cm³/mol. The predicted octanol–water partition coefficient (Wildman–Crippen LogP) is 3.90. The van der Waals surface area contributed by atoms with Gasteiger partial charge in [-0.2, -0.15) is 0 Å². The molecule has 49 heavy (non-hydrogen) atoms. The number of benzene rings is 1. The second-order valence-electron chi connectivity index (χ2n) is 14.7. The molecule has 0 aromatic heterocycles. The van der Waals surface area contributed by atoms with Gasteiger partial charge in [-0.05, 0) is 56.6 Å². The monoisotopic (exact) mass is 687 g/mol. The van der Waals surface area contributed by atoms with E-state index in [4.69, 9.17) is 4.74 Å². The van der Waals surface area contributed by atoms with E-state index in [2.05, 4.69) is 29.8 Å². The highest BCUT2D eigenvalue weighted by Crippen LogP contribution is 2.28. The molecule has 278 valence electrons. The minimum Gasteiger partial charge on any atom is -0.386 e. The van der Waals surface area contributed by atoms with Gasteiger partial charge >= 0.3 is 0 Å². The van der Waals surface area contributed by atoms with E-state index in [0.29, 0.717) is 13.0 Å².